The number of imide groups is 1. The molecule has 0 aliphatic heterocycles. The average Bonchev–Trinajstić information content (AvgIpc) is 3.04. The summed E-state index contributed by atoms with van der Waals surface area (Å²) in [5.74, 6) is -1.09. The summed E-state index contributed by atoms with van der Waals surface area (Å²) in [6.45, 7) is -0.443. The molecule has 6 nitrogen and oxygen atoms in total. The van der Waals surface area contributed by atoms with Crippen LogP contribution in [0.5, 0.6) is 0 Å². The molecule has 1 fully saturated rings. The predicted molar refractivity (Wildman–Crippen MR) is 94.8 cm³/mol. The normalized spacial score (nSPS) is 17.4. The summed E-state index contributed by atoms with van der Waals surface area (Å²) in [5, 5.41) is 6.83. The zero-order valence-corrected chi connectivity index (χ0v) is 15.1. The first-order chi connectivity index (χ1) is 12.1. The average molecular weight is 364 g/mol. The number of amides is 3. The fourth-order valence-corrected chi connectivity index (χ4v) is 4.62. The number of rotatable bonds is 4. The Morgan fingerprint density at radius 1 is 1.08 bits per heavy atom. The molecule has 1 aromatic rings. The molecule has 3 amide bonds. The number of carbonyl (C=O) groups is 3. The van der Waals surface area contributed by atoms with Crippen molar-refractivity contribution < 1.29 is 19.1 Å². The quantitative estimate of drug-likeness (QED) is 0.805. The number of hydrogen-bond acceptors (Lipinski definition) is 5. The van der Waals surface area contributed by atoms with Crippen LogP contribution < -0.4 is 10.6 Å². The smallest absolute Gasteiger partial charge is 0.339 e. The Bertz CT molecular complexity index is 650. The first-order valence-electron chi connectivity index (χ1n) is 9.00. The Morgan fingerprint density at radius 2 is 1.84 bits per heavy atom. The number of esters is 1. The molecule has 136 valence electrons. The SMILES string of the molecule is O=C(COC(=O)c1csc2c1CCCC2)NC(=O)NC1CCCCC1. The van der Waals surface area contributed by atoms with Crippen molar-refractivity contribution in [3.63, 3.8) is 0 Å². The lowest BCUT2D eigenvalue weighted by atomic mass is 9.96. The van der Waals surface area contributed by atoms with Crippen LogP contribution in [0.25, 0.3) is 0 Å². The first kappa shape index (κ1) is 17.9. The lowest BCUT2D eigenvalue weighted by Crippen LogP contribution is -2.46. The topological polar surface area (TPSA) is 84.5 Å². The van der Waals surface area contributed by atoms with Gasteiger partial charge in [-0.2, -0.15) is 0 Å². The Labute approximate surface area is 151 Å². The fraction of sp³-hybridized carbons (Fsp3) is 0.611. The number of carbonyl (C=O) groups excluding carboxylic acids is 3. The van der Waals surface area contributed by atoms with Crippen LogP contribution in [0.3, 0.4) is 0 Å². The second-order valence-corrected chi connectivity index (χ2v) is 7.66. The molecule has 0 saturated heterocycles. The molecule has 25 heavy (non-hydrogen) atoms. The van der Waals surface area contributed by atoms with Gasteiger partial charge in [0.15, 0.2) is 6.61 Å². The van der Waals surface area contributed by atoms with Gasteiger partial charge in [0.25, 0.3) is 5.91 Å². The second kappa shape index (κ2) is 8.47. The van der Waals surface area contributed by atoms with Crippen molar-refractivity contribution in [3.8, 4) is 0 Å². The minimum Gasteiger partial charge on any atom is -0.452 e. The van der Waals surface area contributed by atoms with Crippen LogP contribution in [-0.2, 0) is 22.4 Å². The molecule has 1 saturated carbocycles. The predicted octanol–water partition coefficient (Wildman–Crippen LogP) is 2.94. The molecule has 0 radical (unpaired) electrons. The molecule has 2 N–H and O–H groups in total. The lowest BCUT2D eigenvalue weighted by molar-refractivity contribution is -0.123. The van der Waals surface area contributed by atoms with Gasteiger partial charge in [0.05, 0.1) is 5.56 Å². The maximum Gasteiger partial charge on any atom is 0.339 e. The Morgan fingerprint density at radius 3 is 2.64 bits per heavy atom. The first-order valence-corrected chi connectivity index (χ1v) is 9.88. The second-order valence-electron chi connectivity index (χ2n) is 6.69. The van der Waals surface area contributed by atoms with E-state index >= 15 is 0 Å². The van der Waals surface area contributed by atoms with Gasteiger partial charge >= 0.3 is 12.0 Å². The standard InChI is InChI=1S/C18H24N2O4S/c21-16(20-18(23)19-12-6-2-1-3-7-12)10-24-17(22)14-11-25-15-9-5-4-8-13(14)15/h11-12H,1-10H2,(H2,19,20,21,23). The highest BCUT2D eigenvalue weighted by Crippen LogP contribution is 2.30. The van der Waals surface area contributed by atoms with Gasteiger partial charge in [-0.15, -0.1) is 11.3 Å². The van der Waals surface area contributed by atoms with E-state index in [4.69, 9.17) is 4.74 Å². The summed E-state index contributed by atoms with van der Waals surface area (Å²) in [6.07, 6.45) is 9.41. The number of nitrogens with one attached hydrogen (secondary N) is 2. The van der Waals surface area contributed by atoms with Gasteiger partial charge in [-0.25, -0.2) is 9.59 Å². The van der Waals surface area contributed by atoms with Crippen LogP contribution in [-0.4, -0.2) is 30.6 Å². The minimum atomic E-state index is -0.606. The van der Waals surface area contributed by atoms with Crippen molar-refractivity contribution in [2.45, 2.75) is 63.8 Å². The van der Waals surface area contributed by atoms with Gasteiger partial charge in [-0.3, -0.25) is 10.1 Å². The number of urea groups is 1. The third-order valence-corrected chi connectivity index (χ3v) is 5.90. The summed E-state index contributed by atoms with van der Waals surface area (Å²) in [6, 6.07) is -0.387. The fourth-order valence-electron chi connectivity index (χ4n) is 3.51. The van der Waals surface area contributed by atoms with Crippen LogP contribution in [0.2, 0.25) is 0 Å². The third-order valence-electron chi connectivity index (χ3n) is 4.81. The summed E-state index contributed by atoms with van der Waals surface area (Å²) < 4.78 is 5.08. The molecule has 3 rings (SSSR count). The summed E-state index contributed by atoms with van der Waals surface area (Å²) in [4.78, 5) is 37.0. The molecule has 2 aliphatic carbocycles. The van der Waals surface area contributed by atoms with Gasteiger partial charge in [-0.1, -0.05) is 19.3 Å². The highest BCUT2D eigenvalue weighted by molar-refractivity contribution is 7.10. The van der Waals surface area contributed by atoms with Crippen molar-refractivity contribution in [2.75, 3.05) is 6.61 Å². The van der Waals surface area contributed by atoms with Gasteiger partial charge < -0.3 is 10.1 Å². The summed E-state index contributed by atoms with van der Waals surface area (Å²) in [7, 11) is 0. The van der Waals surface area contributed by atoms with E-state index in [0.29, 0.717) is 5.56 Å². The van der Waals surface area contributed by atoms with Gasteiger partial charge in [0.2, 0.25) is 0 Å². The van der Waals surface area contributed by atoms with Crippen molar-refractivity contribution in [1.29, 1.82) is 0 Å². The van der Waals surface area contributed by atoms with Crippen LogP contribution in [0.4, 0.5) is 4.79 Å². The van der Waals surface area contributed by atoms with Crippen LogP contribution in [0, 0.1) is 0 Å². The van der Waals surface area contributed by atoms with Gasteiger partial charge in [0.1, 0.15) is 0 Å². The highest BCUT2D eigenvalue weighted by atomic mass is 32.1. The Kier molecular flexibility index (Phi) is 6.07. The molecule has 0 unspecified atom stereocenters. The van der Waals surface area contributed by atoms with E-state index in [0.717, 1.165) is 56.9 Å². The summed E-state index contributed by atoms with van der Waals surface area (Å²) >= 11 is 1.58. The van der Waals surface area contributed by atoms with E-state index in [1.54, 1.807) is 11.3 Å². The number of fused-ring (bicyclic) bond motifs is 1. The zero-order chi connectivity index (χ0) is 17.6. The molecular formula is C18H24N2O4S. The third kappa shape index (κ3) is 4.81. The van der Waals surface area contributed by atoms with Crippen molar-refractivity contribution in [3.05, 3.63) is 21.4 Å². The van der Waals surface area contributed by atoms with Crippen molar-refractivity contribution in [2.24, 2.45) is 0 Å². The monoisotopic (exact) mass is 364 g/mol. The largest absolute Gasteiger partial charge is 0.452 e. The number of hydrogen-bond donors (Lipinski definition) is 2. The highest BCUT2D eigenvalue weighted by Gasteiger charge is 2.22. The van der Waals surface area contributed by atoms with Crippen LogP contribution >= 0.6 is 11.3 Å². The van der Waals surface area contributed by atoms with Crippen molar-refractivity contribution >= 4 is 29.2 Å². The molecular weight excluding hydrogens is 340 g/mol. The van der Waals surface area contributed by atoms with Gasteiger partial charge in [0, 0.05) is 16.3 Å². The van der Waals surface area contributed by atoms with Crippen LogP contribution in [0.15, 0.2) is 5.38 Å². The Hall–Kier alpha value is -1.89. The maximum absolute atomic E-state index is 12.2. The minimum absolute atomic E-state index is 0.126. The molecule has 7 heteroatoms. The molecule has 0 bridgehead atoms. The van der Waals surface area contributed by atoms with Crippen molar-refractivity contribution in [1.82, 2.24) is 10.6 Å². The van der Waals surface area contributed by atoms with E-state index in [-0.39, 0.29) is 6.04 Å². The maximum atomic E-state index is 12.2. The molecule has 0 atom stereocenters. The molecule has 1 aromatic heterocycles. The molecule has 2 aliphatic rings. The van der Waals surface area contributed by atoms with E-state index in [9.17, 15) is 14.4 Å². The lowest BCUT2D eigenvalue weighted by Gasteiger charge is -2.22. The Balaban J connectivity index is 1.43. The molecule has 1 heterocycles. The van der Waals surface area contributed by atoms with Crippen LogP contribution in [0.1, 0.15) is 65.7 Å². The summed E-state index contributed by atoms with van der Waals surface area (Å²) in [5.41, 5.74) is 1.64. The van der Waals surface area contributed by atoms with E-state index < -0.39 is 24.5 Å². The number of aryl methyl sites for hydroxylation is 1. The molecule has 0 aromatic carbocycles. The number of ether oxygens (including phenoxy) is 1. The van der Waals surface area contributed by atoms with E-state index in [2.05, 4.69) is 10.6 Å². The zero-order valence-electron chi connectivity index (χ0n) is 14.3. The van der Waals surface area contributed by atoms with Gasteiger partial charge in [-0.05, 0) is 44.1 Å². The molecule has 0 spiro atoms. The van der Waals surface area contributed by atoms with E-state index in [1.165, 1.54) is 11.3 Å². The van der Waals surface area contributed by atoms with E-state index in [1.807, 2.05) is 5.38 Å². The number of thiophene rings is 1.